The maximum absolute atomic E-state index is 13.5. The number of halogens is 3. The lowest BCUT2D eigenvalue weighted by Gasteiger charge is -2.29. The molecule has 3 atom stereocenters. The van der Waals surface area contributed by atoms with Gasteiger partial charge in [-0.05, 0) is 74.3 Å². The van der Waals surface area contributed by atoms with Crippen molar-refractivity contribution >= 4 is 23.2 Å². The van der Waals surface area contributed by atoms with Crippen LogP contribution in [0.15, 0.2) is 48.5 Å². The maximum atomic E-state index is 13.5. The zero-order valence-corrected chi connectivity index (χ0v) is 28.5. The number of hydrogen-bond donors (Lipinski definition) is 2. The Morgan fingerprint density at radius 1 is 0.979 bits per heavy atom. The van der Waals surface area contributed by atoms with E-state index in [1.165, 1.54) is 5.56 Å². The van der Waals surface area contributed by atoms with E-state index in [1.807, 2.05) is 43.3 Å². The first-order valence-corrected chi connectivity index (χ1v) is 17.7. The highest BCUT2D eigenvalue weighted by Gasteiger charge is 2.29. The van der Waals surface area contributed by atoms with Crippen molar-refractivity contribution in [2.24, 2.45) is 0 Å². The molecule has 0 radical (unpaired) electrons. The second kappa shape index (κ2) is 16.2. The van der Waals surface area contributed by atoms with Crippen molar-refractivity contribution in [3.63, 3.8) is 0 Å². The SMILES string of the molecule is CCOc1cc(O[C@H]2CCc3c(-c4cccc(OCCCN5CCC(F)CC5)c4Cl)cccc32)c(Cl)cc1CN[C@@H]1CCOC[C@H]1O. The highest BCUT2D eigenvalue weighted by Crippen LogP contribution is 2.45. The summed E-state index contributed by atoms with van der Waals surface area (Å²) in [5.41, 5.74) is 5.26. The van der Waals surface area contributed by atoms with Crippen LogP contribution in [0.3, 0.4) is 0 Å². The lowest BCUT2D eigenvalue weighted by atomic mass is 9.96. The van der Waals surface area contributed by atoms with Gasteiger partial charge in [-0.25, -0.2) is 4.39 Å². The van der Waals surface area contributed by atoms with Crippen molar-refractivity contribution in [3.8, 4) is 28.4 Å². The Morgan fingerprint density at radius 2 is 1.79 bits per heavy atom. The molecule has 254 valence electrons. The van der Waals surface area contributed by atoms with Gasteiger partial charge in [-0.15, -0.1) is 0 Å². The molecule has 7 nitrogen and oxygen atoms in total. The van der Waals surface area contributed by atoms with Crippen LogP contribution >= 0.6 is 23.2 Å². The molecule has 0 amide bonds. The summed E-state index contributed by atoms with van der Waals surface area (Å²) in [5, 5.41) is 14.8. The van der Waals surface area contributed by atoms with Gasteiger partial charge in [0.05, 0.1) is 36.0 Å². The van der Waals surface area contributed by atoms with Gasteiger partial charge in [0.2, 0.25) is 0 Å². The summed E-state index contributed by atoms with van der Waals surface area (Å²) in [6.07, 6.45) is 3.14. The molecule has 3 aromatic carbocycles. The average molecular weight is 688 g/mol. The van der Waals surface area contributed by atoms with Crippen LogP contribution in [0.4, 0.5) is 4.39 Å². The first-order chi connectivity index (χ1) is 22.9. The molecule has 47 heavy (non-hydrogen) atoms. The Labute approximate surface area is 287 Å². The fraction of sp³-hybridized carbons (Fsp3) is 0.514. The minimum absolute atomic E-state index is 0.0462. The normalized spacial score (nSPS) is 21.9. The van der Waals surface area contributed by atoms with Gasteiger partial charge in [0.1, 0.15) is 29.5 Å². The predicted molar refractivity (Wildman–Crippen MR) is 184 cm³/mol. The number of nitrogens with one attached hydrogen (secondary N) is 1. The van der Waals surface area contributed by atoms with Crippen LogP contribution in [0.5, 0.6) is 17.2 Å². The molecule has 0 spiro atoms. The monoisotopic (exact) mass is 686 g/mol. The second-order valence-electron chi connectivity index (χ2n) is 12.6. The summed E-state index contributed by atoms with van der Waals surface area (Å²) in [6.45, 7) is 7.00. The molecular formula is C37H45Cl2FN2O5. The molecule has 2 aliphatic heterocycles. The Hall–Kier alpha value is -2.59. The maximum Gasteiger partial charge on any atom is 0.142 e. The predicted octanol–water partition coefficient (Wildman–Crippen LogP) is 7.57. The lowest BCUT2D eigenvalue weighted by Crippen LogP contribution is -2.46. The van der Waals surface area contributed by atoms with Crippen LogP contribution in [0, 0.1) is 0 Å². The number of likely N-dealkylation sites (tertiary alicyclic amines) is 1. The number of aliphatic hydroxyl groups is 1. The van der Waals surface area contributed by atoms with E-state index < -0.39 is 12.3 Å². The zero-order chi connectivity index (χ0) is 32.8. The fourth-order valence-electron chi connectivity index (χ4n) is 6.87. The minimum atomic E-state index is -0.657. The van der Waals surface area contributed by atoms with Gasteiger partial charge in [0.15, 0.2) is 0 Å². The first kappa shape index (κ1) is 34.3. The van der Waals surface area contributed by atoms with Crippen molar-refractivity contribution in [3.05, 3.63) is 75.3 Å². The molecule has 0 saturated carbocycles. The summed E-state index contributed by atoms with van der Waals surface area (Å²) >= 11 is 13.8. The molecule has 2 heterocycles. The van der Waals surface area contributed by atoms with Gasteiger partial charge in [-0.3, -0.25) is 0 Å². The summed E-state index contributed by atoms with van der Waals surface area (Å²) in [7, 11) is 0. The molecule has 2 N–H and O–H groups in total. The Balaban J connectivity index is 1.13. The van der Waals surface area contributed by atoms with Gasteiger partial charge in [-0.2, -0.15) is 0 Å². The smallest absolute Gasteiger partial charge is 0.142 e. The number of ether oxygens (including phenoxy) is 4. The van der Waals surface area contributed by atoms with E-state index in [2.05, 4.69) is 22.3 Å². The molecule has 0 bridgehead atoms. The molecule has 0 unspecified atom stereocenters. The van der Waals surface area contributed by atoms with Crippen molar-refractivity contribution in [2.45, 2.75) is 76.4 Å². The highest BCUT2D eigenvalue weighted by molar-refractivity contribution is 6.35. The van der Waals surface area contributed by atoms with E-state index in [0.717, 1.165) is 67.6 Å². The molecule has 0 aromatic heterocycles. The number of rotatable bonds is 13. The Kier molecular flexibility index (Phi) is 11.8. The zero-order valence-electron chi connectivity index (χ0n) is 27.0. The first-order valence-electron chi connectivity index (χ1n) is 16.9. The van der Waals surface area contributed by atoms with Crippen molar-refractivity contribution < 1.29 is 28.4 Å². The topological polar surface area (TPSA) is 72.4 Å². The summed E-state index contributed by atoms with van der Waals surface area (Å²) in [5.74, 6) is 1.96. The third-order valence-electron chi connectivity index (χ3n) is 9.43. The summed E-state index contributed by atoms with van der Waals surface area (Å²) in [4.78, 5) is 2.31. The van der Waals surface area contributed by atoms with Crippen LogP contribution in [0.25, 0.3) is 11.1 Å². The Morgan fingerprint density at radius 3 is 2.60 bits per heavy atom. The summed E-state index contributed by atoms with van der Waals surface area (Å²) < 4.78 is 37.5. The van der Waals surface area contributed by atoms with Crippen LogP contribution in [0.2, 0.25) is 10.0 Å². The van der Waals surface area contributed by atoms with E-state index in [-0.39, 0.29) is 12.1 Å². The van der Waals surface area contributed by atoms with Crippen LogP contribution < -0.4 is 19.5 Å². The van der Waals surface area contributed by atoms with Gasteiger partial charge in [0.25, 0.3) is 0 Å². The van der Waals surface area contributed by atoms with Crippen LogP contribution in [-0.2, 0) is 17.7 Å². The van der Waals surface area contributed by atoms with Gasteiger partial charge >= 0.3 is 0 Å². The minimum Gasteiger partial charge on any atom is -0.493 e. The number of piperidine rings is 1. The fourth-order valence-corrected chi connectivity index (χ4v) is 7.38. The Bertz CT molecular complexity index is 1500. The third kappa shape index (κ3) is 8.35. The molecule has 3 aromatic rings. The third-order valence-corrected chi connectivity index (χ3v) is 10.1. The van der Waals surface area contributed by atoms with E-state index in [4.69, 9.17) is 42.1 Å². The molecule has 1 aliphatic carbocycles. The highest BCUT2D eigenvalue weighted by atomic mass is 35.5. The van der Waals surface area contributed by atoms with E-state index in [9.17, 15) is 9.50 Å². The summed E-state index contributed by atoms with van der Waals surface area (Å²) in [6, 6.07) is 15.9. The van der Waals surface area contributed by atoms with E-state index >= 15 is 0 Å². The number of fused-ring (bicyclic) bond motifs is 1. The van der Waals surface area contributed by atoms with Crippen molar-refractivity contribution in [1.82, 2.24) is 10.2 Å². The molecule has 6 rings (SSSR count). The molecule has 3 aliphatic rings. The molecule has 10 heteroatoms. The molecule has 2 saturated heterocycles. The standard InChI is InChI=1S/C37H45Cl2FN2O5/c1-2-45-35-21-36(30(38)20-24(35)22-41-31-14-19-44-23-32(31)43)47-33-11-10-27-26(6-3-7-28(27)33)29-8-4-9-34(37(29)39)46-18-5-15-42-16-12-25(40)13-17-42/h3-4,6-9,20-21,25,31-33,41,43H,2,5,10-19,22-23H2,1H3/t31-,32-,33+/m1/s1. The van der Waals surface area contributed by atoms with Crippen LogP contribution in [0.1, 0.15) is 61.8 Å². The van der Waals surface area contributed by atoms with Gasteiger partial charge < -0.3 is 34.3 Å². The van der Waals surface area contributed by atoms with Crippen molar-refractivity contribution in [2.75, 3.05) is 46.1 Å². The number of alkyl halides is 1. The van der Waals surface area contributed by atoms with E-state index in [0.29, 0.717) is 73.1 Å². The van der Waals surface area contributed by atoms with Crippen LogP contribution in [-0.4, -0.2) is 74.4 Å². The molecule has 2 fully saturated rings. The lowest BCUT2D eigenvalue weighted by molar-refractivity contribution is -0.0281. The quantitative estimate of drug-likeness (QED) is 0.180. The van der Waals surface area contributed by atoms with Gasteiger partial charge in [0, 0.05) is 56.0 Å². The number of benzene rings is 3. The largest absolute Gasteiger partial charge is 0.493 e. The molecular weight excluding hydrogens is 642 g/mol. The number of nitrogens with zero attached hydrogens (tertiary/aromatic N) is 1. The van der Waals surface area contributed by atoms with E-state index in [1.54, 1.807) is 0 Å². The second-order valence-corrected chi connectivity index (χ2v) is 13.4. The number of hydrogen-bond acceptors (Lipinski definition) is 7. The van der Waals surface area contributed by atoms with Gasteiger partial charge in [-0.1, -0.05) is 53.5 Å². The number of aliphatic hydroxyl groups excluding tert-OH is 1. The average Bonchev–Trinajstić information content (AvgIpc) is 3.49. The van der Waals surface area contributed by atoms with Crippen molar-refractivity contribution in [1.29, 1.82) is 0 Å².